The zero-order chi connectivity index (χ0) is 25.2. The molecule has 3 aromatic rings. The second-order valence-electron chi connectivity index (χ2n) is 8.75. The molecule has 0 saturated heterocycles. The summed E-state index contributed by atoms with van der Waals surface area (Å²) in [4.78, 5) is 47.9. The summed E-state index contributed by atoms with van der Waals surface area (Å²) in [6.45, 7) is 3.21. The number of ether oxygens (including phenoxy) is 2. The molecule has 0 radical (unpaired) electrons. The number of hydrogen-bond donors (Lipinski definition) is 0. The second kappa shape index (κ2) is 9.94. The number of carbonyl (C=O) groups excluding carboxylic acids is 3. The molecule has 0 fully saturated rings. The molecule has 2 aliphatic heterocycles. The van der Waals surface area contributed by atoms with Crippen LogP contribution in [0, 0.1) is 0 Å². The lowest BCUT2D eigenvalue weighted by atomic mass is 9.79. The van der Waals surface area contributed by atoms with Crippen molar-refractivity contribution < 1.29 is 28.3 Å². The first kappa shape index (κ1) is 23.7. The first-order valence-electron chi connectivity index (χ1n) is 11.9. The Morgan fingerprint density at radius 2 is 1.94 bits per heavy atom. The van der Waals surface area contributed by atoms with Crippen LogP contribution in [0.3, 0.4) is 0 Å². The van der Waals surface area contributed by atoms with Crippen LogP contribution in [0.1, 0.15) is 45.7 Å². The number of oxazole rings is 1. The van der Waals surface area contributed by atoms with Gasteiger partial charge in [-0.25, -0.2) is 9.78 Å². The largest absolute Gasteiger partial charge is 0.464 e. The number of hydrogen-bond acceptors (Lipinski definition) is 7. The highest BCUT2D eigenvalue weighted by Crippen LogP contribution is 2.45. The third kappa shape index (κ3) is 4.05. The van der Waals surface area contributed by atoms with Crippen LogP contribution in [-0.2, 0) is 14.3 Å². The van der Waals surface area contributed by atoms with Gasteiger partial charge in [-0.15, -0.1) is 0 Å². The maximum atomic E-state index is 14.0. The molecule has 9 heteroatoms. The first-order valence-corrected chi connectivity index (χ1v) is 11.9. The van der Waals surface area contributed by atoms with Crippen LogP contribution in [0.5, 0.6) is 0 Å². The summed E-state index contributed by atoms with van der Waals surface area (Å²) in [6, 6.07) is 13.6. The van der Waals surface area contributed by atoms with Crippen LogP contribution < -0.4 is 4.90 Å². The van der Waals surface area contributed by atoms with Crippen molar-refractivity contribution in [1.82, 2.24) is 9.88 Å². The molecule has 5 rings (SSSR count). The highest BCUT2D eigenvalue weighted by atomic mass is 16.5. The molecule has 2 aliphatic rings. The average Bonchev–Trinajstić information content (AvgIpc) is 3.40. The minimum atomic E-state index is -0.872. The Balaban J connectivity index is 1.61. The number of methoxy groups -OCH3 is 1. The number of nitrogens with zero attached hydrogens (tertiary/aromatic N) is 3. The SMILES string of the molecule is CCOC(=O)[C@@H]1C[C@H]2CN(CCOC)C(=O)c3cccc(c32)N1C(=O)c1ncoc1-c1ccccc1. The van der Waals surface area contributed by atoms with Crippen molar-refractivity contribution in [2.24, 2.45) is 0 Å². The number of benzene rings is 2. The first-order chi connectivity index (χ1) is 17.5. The van der Waals surface area contributed by atoms with Crippen molar-refractivity contribution in [3.63, 3.8) is 0 Å². The summed E-state index contributed by atoms with van der Waals surface area (Å²) in [6.07, 6.45) is 1.54. The molecule has 0 aliphatic carbocycles. The van der Waals surface area contributed by atoms with E-state index in [1.165, 1.54) is 11.3 Å². The van der Waals surface area contributed by atoms with Gasteiger partial charge in [0.25, 0.3) is 11.8 Å². The lowest BCUT2D eigenvalue weighted by Gasteiger charge is -2.44. The van der Waals surface area contributed by atoms with E-state index in [1.54, 1.807) is 37.1 Å². The average molecular weight is 490 g/mol. The van der Waals surface area contributed by atoms with Crippen molar-refractivity contribution in [2.45, 2.75) is 25.3 Å². The van der Waals surface area contributed by atoms with Crippen LogP contribution in [0.4, 0.5) is 5.69 Å². The van der Waals surface area contributed by atoms with Crippen molar-refractivity contribution in [3.8, 4) is 11.3 Å². The Hall–Kier alpha value is -3.98. The van der Waals surface area contributed by atoms with E-state index in [0.717, 1.165) is 5.56 Å². The van der Waals surface area contributed by atoms with E-state index in [9.17, 15) is 14.4 Å². The van der Waals surface area contributed by atoms with Crippen LogP contribution in [0.15, 0.2) is 59.3 Å². The van der Waals surface area contributed by atoms with Gasteiger partial charge in [-0.1, -0.05) is 36.4 Å². The smallest absolute Gasteiger partial charge is 0.329 e. The highest BCUT2D eigenvalue weighted by molar-refractivity contribution is 6.13. The number of aromatic nitrogens is 1. The van der Waals surface area contributed by atoms with Crippen molar-refractivity contribution in [2.75, 3.05) is 38.3 Å². The predicted molar refractivity (Wildman–Crippen MR) is 131 cm³/mol. The fraction of sp³-hybridized carbons (Fsp3) is 0.333. The Bertz CT molecular complexity index is 1290. The van der Waals surface area contributed by atoms with Gasteiger partial charge in [-0.2, -0.15) is 0 Å². The fourth-order valence-corrected chi connectivity index (χ4v) is 5.12. The number of rotatable bonds is 7. The number of amides is 2. The van der Waals surface area contributed by atoms with E-state index >= 15 is 0 Å². The fourth-order valence-electron chi connectivity index (χ4n) is 5.12. The van der Waals surface area contributed by atoms with Crippen LogP contribution in [-0.4, -0.2) is 67.1 Å². The van der Waals surface area contributed by atoms with Crippen molar-refractivity contribution >= 4 is 23.5 Å². The molecule has 3 heterocycles. The van der Waals surface area contributed by atoms with Crippen LogP contribution >= 0.6 is 0 Å². The molecule has 9 nitrogen and oxygen atoms in total. The highest BCUT2D eigenvalue weighted by Gasteiger charge is 2.46. The third-order valence-electron chi connectivity index (χ3n) is 6.68. The van der Waals surface area contributed by atoms with Gasteiger partial charge in [0, 0.05) is 42.9 Å². The zero-order valence-corrected chi connectivity index (χ0v) is 20.2. The lowest BCUT2D eigenvalue weighted by Crippen LogP contribution is -2.53. The summed E-state index contributed by atoms with van der Waals surface area (Å²) >= 11 is 0. The molecule has 186 valence electrons. The second-order valence-corrected chi connectivity index (χ2v) is 8.75. The predicted octanol–water partition coefficient (Wildman–Crippen LogP) is 3.51. The molecule has 2 aromatic carbocycles. The summed E-state index contributed by atoms with van der Waals surface area (Å²) in [5.74, 6) is -0.908. The van der Waals surface area contributed by atoms with Gasteiger partial charge in [0.2, 0.25) is 0 Å². The topological polar surface area (TPSA) is 102 Å². The number of anilines is 1. The van der Waals surface area contributed by atoms with Gasteiger partial charge in [0.1, 0.15) is 6.04 Å². The van der Waals surface area contributed by atoms with Gasteiger partial charge in [0.05, 0.1) is 13.2 Å². The molecule has 36 heavy (non-hydrogen) atoms. The van der Waals surface area contributed by atoms with Crippen LogP contribution in [0.25, 0.3) is 11.3 Å². The quantitative estimate of drug-likeness (QED) is 0.468. The van der Waals surface area contributed by atoms with E-state index in [4.69, 9.17) is 13.9 Å². The minimum Gasteiger partial charge on any atom is -0.464 e. The summed E-state index contributed by atoms with van der Waals surface area (Å²) in [5.41, 5.74) is 2.61. The molecular weight excluding hydrogens is 462 g/mol. The van der Waals surface area contributed by atoms with Gasteiger partial charge in [-0.05, 0) is 31.0 Å². The van der Waals surface area contributed by atoms with Gasteiger partial charge < -0.3 is 18.8 Å². The van der Waals surface area contributed by atoms with E-state index in [-0.39, 0.29) is 24.1 Å². The van der Waals surface area contributed by atoms with Crippen LogP contribution in [0.2, 0.25) is 0 Å². The number of esters is 1. The molecule has 0 N–H and O–H groups in total. The molecule has 2 amide bonds. The molecular formula is C27H27N3O6. The van der Waals surface area contributed by atoms with E-state index < -0.39 is 17.9 Å². The summed E-state index contributed by atoms with van der Waals surface area (Å²) in [5, 5.41) is 0. The molecule has 0 bridgehead atoms. The van der Waals surface area contributed by atoms with Crippen molar-refractivity contribution in [1.29, 1.82) is 0 Å². The maximum absolute atomic E-state index is 14.0. The Labute approximate surface area is 208 Å². The zero-order valence-electron chi connectivity index (χ0n) is 20.2. The maximum Gasteiger partial charge on any atom is 0.329 e. The summed E-state index contributed by atoms with van der Waals surface area (Å²) < 4.78 is 16.2. The number of carbonyl (C=O) groups is 3. The monoisotopic (exact) mass is 489 g/mol. The van der Waals surface area contributed by atoms with Gasteiger partial charge >= 0.3 is 5.97 Å². The minimum absolute atomic E-state index is 0.0930. The Kier molecular flexibility index (Phi) is 6.56. The Morgan fingerprint density at radius 1 is 1.14 bits per heavy atom. The molecule has 0 unspecified atom stereocenters. The van der Waals surface area contributed by atoms with E-state index in [0.29, 0.717) is 48.7 Å². The lowest BCUT2D eigenvalue weighted by molar-refractivity contribution is -0.145. The normalized spacial score (nSPS) is 18.7. The molecule has 1 aromatic heterocycles. The summed E-state index contributed by atoms with van der Waals surface area (Å²) in [7, 11) is 1.59. The molecule has 0 saturated carbocycles. The van der Waals surface area contributed by atoms with Gasteiger partial charge in [-0.3, -0.25) is 14.5 Å². The van der Waals surface area contributed by atoms with Crippen molar-refractivity contribution in [3.05, 3.63) is 71.7 Å². The van der Waals surface area contributed by atoms with Gasteiger partial charge in [0.15, 0.2) is 17.8 Å². The van der Waals surface area contributed by atoms with E-state index in [2.05, 4.69) is 4.98 Å². The molecule has 0 spiro atoms. The third-order valence-corrected chi connectivity index (χ3v) is 6.68. The van der Waals surface area contributed by atoms with E-state index in [1.807, 2.05) is 30.3 Å². The molecule has 2 atom stereocenters. The Morgan fingerprint density at radius 3 is 2.69 bits per heavy atom. The standard InChI is InChI=1S/C27H27N3O6/c1-3-35-27(33)21-14-18-15-29(12-13-34-2)25(31)19-10-7-11-20(22(18)19)30(21)26(32)23-24(36-16-28-23)17-8-5-4-6-9-17/h4-11,16,18,21H,3,12-15H2,1-2H3/t18-,21-/m0/s1.